The third-order valence-corrected chi connectivity index (χ3v) is 3.13. The molecule has 0 atom stereocenters. The van der Waals surface area contributed by atoms with E-state index in [0.29, 0.717) is 17.2 Å². The van der Waals surface area contributed by atoms with Gasteiger partial charge in [0.15, 0.2) is 5.49 Å². The van der Waals surface area contributed by atoms with Gasteiger partial charge in [-0.2, -0.15) is 10.3 Å². The molecule has 0 aliphatic carbocycles. The second-order valence-electron chi connectivity index (χ2n) is 3.51. The van der Waals surface area contributed by atoms with Crippen LogP contribution in [0, 0.1) is 11.5 Å². The second kappa shape index (κ2) is 5.80. The lowest BCUT2D eigenvalue weighted by Crippen LogP contribution is -2.21. The van der Waals surface area contributed by atoms with Gasteiger partial charge in [0.2, 0.25) is 6.19 Å². The molecule has 0 saturated carbocycles. The normalized spacial score (nSPS) is 11.3. The Morgan fingerprint density at radius 2 is 2.28 bits per heavy atom. The van der Waals surface area contributed by atoms with Gasteiger partial charge < -0.3 is 4.57 Å². The Labute approximate surface area is 117 Å². The number of hydrogen-bond donors (Lipinski definition) is 0. The SMILES string of the molecule is N#C/N=c1/c(Br)cccn1Cc1ccc(Cl)nc1. The van der Waals surface area contributed by atoms with Crippen LogP contribution in [-0.4, -0.2) is 9.55 Å². The molecule has 0 aromatic carbocycles. The van der Waals surface area contributed by atoms with Gasteiger partial charge in [-0.1, -0.05) is 17.7 Å². The van der Waals surface area contributed by atoms with Gasteiger partial charge in [0.1, 0.15) is 5.15 Å². The molecule has 2 heterocycles. The molecule has 0 amide bonds. The summed E-state index contributed by atoms with van der Waals surface area (Å²) < 4.78 is 2.63. The molecule has 0 unspecified atom stereocenters. The fourth-order valence-electron chi connectivity index (χ4n) is 1.50. The molecule has 2 aromatic rings. The van der Waals surface area contributed by atoms with Crippen molar-refractivity contribution < 1.29 is 0 Å². The van der Waals surface area contributed by atoms with E-state index in [1.165, 1.54) is 0 Å². The van der Waals surface area contributed by atoms with Gasteiger partial charge in [-0.05, 0) is 39.7 Å². The third kappa shape index (κ3) is 2.97. The molecule has 0 aliphatic rings. The number of halogens is 2. The summed E-state index contributed by atoms with van der Waals surface area (Å²) in [5, 5.41) is 9.15. The first-order chi connectivity index (χ1) is 8.70. The quantitative estimate of drug-likeness (QED) is 0.630. The van der Waals surface area contributed by atoms with Gasteiger partial charge >= 0.3 is 0 Å². The maximum atomic E-state index is 8.69. The van der Waals surface area contributed by atoms with Crippen LogP contribution in [0.1, 0.15) is 5.56 Å². The zero-order valence-corrected chi connectivity index (χ0v) is 11.6. The molecule has 0 fully saturated rings. The Bertz CT molecular complexity index is 655. The van der Waals surface area contributed by atoms with Crippen molar-refractivity contribution in [2.45, 2.75) is 6.54 Å². The maximum absolute atomic E-state index is 8.69. The zero-order chi connectivity index (χ0) is 13.0. The van der Waals surface area contributed by atoms with Gasteiger partial charge in [-0.15, -0.1) is 0 Å². The van der Waals surface area contributed by atoms with E-state index in [2.05, 4.69) is 25.9 Å². The predicted molar refractivity (Wildman–Crippen MR) is 71.7 cm³/mol. The van der Waals surface area contributed by atoms with E-state index >= 15 is 0 Å². The molecule has 90 valence electrons. The smallest absolute Gasteiger partial charge is 0.207 e. The predicted octanol–water partition coefficient (Wildman–Crippen LogP) is 2.73. The first kappa shape index (κ1) is 12.8. The van der Waals surface area contributed by atoms with Gasteiger partial charge in [0.25, 0.3) is 0 Å². The molecular formula is C12H8BrClN4. The van der Waals surface area contributed by atoms with E-state index in [-0.39, 0.29) is 0 Å². The Hall–Kier alpha value is -1.64. The first-order valence-corrected chi connectivity index (χ1v) is 6.26. The number of rotatable bonds is 2. The van der Waals surface area contributed by atoms with Crippen molar-refractivity contribution in [3.63, 3.8) is 0 Å². The minimum atomic E-state index is 0.458. The Balaban J connectivity index is 2.41. The number of hydrogen-bond acceptors (Lipinski definition) is 3. The van der Waals surface area contributed by atoms with Gasteiger partial charge in [0.05, 0.1) is 11.0 Å². The molecule has 0 bridgehead atoms. The van der Waals surface area contributed by atoms with Gasteiger partial charge in [-0.3, -0.25) is 0 Å². The van der Waals surface area contributed by atoms with Crippen LogP contribution in [0.5, 0.6) is 0 Å². The zero-order valence-electron chi connectivity index (χ0n) is 9.22. The van der Waals surface area contributed by atoms with E-state index in [9.17, 15) is 0 Å². The van der Waals surface area contributed by atoms with Crippen LogP contribution in [0.15, 0.2) is 46.1 Å². The summed E-state index contributed by atoms with van der Waals surface area (Å²) in [6.07, 6.45) is 5.36. The van der Waals surface area contributed by atoms with Crippen molar-refractivity contribution in [1.82, 2.24) is 9.55 Å². The molecule has 0 aliphatic heterocycles. The topological polar surface area (TPSA) is 54.0 Å². The average Bonchev–Trinajstić information content (AvgIpc) is 2.36. The number of aromatic nitrogens is 2. The summed E-state index contributed by atoms with van der Waals surface area (Å²) >= 11 is 9.10. The number of pyridine rings is 2. The van der Waals surface area contributed by atoms with Crippen LogP contribution < -0.4 is 5.49 Å². The Kier molecular flexibility index (Phi) is 4.13. The largest absolute Gasteiger partial charge is 0.327 e. The molecule has 0 spiro atoms. The first-order valence-electron chi connectivity index (χ1n) is 5.09. The van der Waals surface area contributed by atoms with E-state index < -0.39 is 0 Å². The van der Waals surface area contributed by atoms with Crippen LogP contribution >= 0.6 is 27.5 Å². The summed E-state index contributed by atoms with van der Waals surface area (Å²) in [5.41, 5.74) is 1.56. The lowest BCUT2D eigenvalue weighted by molar-refractivity contribution is 0.736. The van der Waals surface area contributed by atoms with Crippen LogP contribution in [0.4, 0.5) is 0 Å². The minimum Gasteiger partial charge on any atom is -0.327 e. The summed E-state index contributed by atoms with van der Waals surface area (Å²) in [4.78, 5) is 7.81. The van der Waals surface area contributed by atoms with E-state index in [1.54, 1.807) is 18.5 Å². The summed E-state index contributed by atoms with van der Waals surface area (Å²) in [6.45, 7) is 0.574. The van der Waals surface area contributed by atoms with Crippen molar-refractivity contribution in [3.05, 3.63) is 57.3 Å². The number of nitriles is 1. The van der Waals surface area contributed by atoms with Crippen molar-refractivity contribution in [2.24, 2.45) is 4.99 Å². The van der Waals surface area contributed by atoms with E-state index in [1.807, 2.05) is 29.0 Å². The summed E-state index contributed by atoms with van der Waals surface area (Å²) in [7, 11) is 0. The van der Waals surface area contributed by atoms with Crippen LogP contribution in [0.2, 0.25) is 5.15 Å². The fraction of sp³-hybridized carbons (Fsp3) is 0.0833. The molecule has 6 heteroatoms. The summed E-state index contributed by atoms with van der Waals surface area (Å²) in [5.74, 6) is 0. The Morgan fingerprint density at radius 1 is 1.44 bits per heavy atom. The number of nitrogens with zero attached hydrogens (tertiary/aromatic N) is 4. The highest BCUT2D eigenvalue weighted by Gasteiger charge is 2.00. The molecule has 0 N–H and O–H groups in total. The molecule has 18 heavy (non-hydrogen) atoms. The molecule has 0 radical (unpaired) electrons. The molecule has 0 saturated heterocycles. The standard InChI is InChI=1S/C12H8BrClN4/c13-10-2-1-5-18(12(10)17-8-15)7-9-3-4-11(14)16-6-9/h1-6H,7H2/b17-12-. The summed E-state index contributed by atoms with van der Waals surface area (Å²) in [6, 6.07) is 7.34. The van der Waals surface area contributed by atoms with Crippen LogP contribution in [-0.2, 0) is 6.54 Å². The molecule has 2 aromatic heterocycles. The lowest BCUT2D eigenvalue weighted by atomic mass is 10.3. The second-order valence-corrected chi connectivity index (χ2v) is 4.75. The lowest BCUT2D eigenvalue weighted by Gasteiger charge is -2.07. The average molecular weight is 324 g/mol. The minimum absolute atomic E-state index is 0.458. The molecular weight excluding hydrogens is 316 g/mol. The highest BCUT2D eigenvalue weighted by Crippen LogP contribution is 2.07. The van der Waals surface area contributed by atoms with Crippen LogP contribution in [0.25, 0.3) is 0 Å². The third-order valence-electron chi connectivity index (χ3n) is 2.29. The van der Waals surface area contributed by atoms with Crippen molar-refractivity contribution >= 4 is 27.5 Å². The van der Waals surface area contributed by atoms with Crippen molar-refractivity contribution in [3.8, 4) is 6.19 Å². The monoisotopic (exact) mass is 322 g/mol. The Morgan fingerprint density at radius 3 is 2.94 bits per heavy atom. The maximum Gasteiger partial charge on any atom is 0.207 e. The van der Waals surface area contributed by atoms with Gasteiger partial charge in [0, 0.05) is 12.4 Å². The van der Waals surface area contributed by atoms with Crippen molar-refractivity contribution in [1.29, 1.82) is 5.26 Å². The van der Waals surface area contributed by atoms with Gasteiger partial charge in [-0.25, -0.2) is 4.98 Å². The molecule has 2 rings (SSSR count). The highest BCUT2D eigenvalue weighted by atomic mass is 79.9. The van der Waals surface area contributed by atoms with Crippen LogP contribution in [0.3, 0.4) is 0 Å². The fourth-order valence-corrected chi connectivity index (χ4v) is 2.08. The molecule has 4 nitrogen and oxygen atoms in total. The van der Waals surface area contributed by atoms with E-state index in [0.717, 1.165) is 10.0 Å². The van der Waals surface area contributed by atoms with Crippen molar-refractivity contribution in [2.75, 3.05) is 0 Å². The van der Waals surface area contributed by atoms with E-state index in [4.69, 9.17) is 16.9 Å². The highest BCUT2D eigenvalue weighted by molar-refractivity contribution is 9.10.